The van der Waals surface area contributed by atoms with Gasteiger partial charge in [0.05, 0.1) is 20.2 Å². The number of amides is 3. The number of ether oxygens (including phenoxy) is 2. The number of carbonyl (C=O) groups is 3. The van der Waals surface area contributed by atoms with Crippen LogP contribution in [0.1, 0.15) is 46.0 Å². The molecule has 0 saturated heterocycles. The van der Waals surface area contributed by atoms with Crippen molar-refractivity contribution in [2.75, 3.05) is 45.8 Å². The van der Waals surface area contributed by atoms with Crippen LogP contribution in [-0.2, 0) is 19.1 Å². The Kier molecular flexibility index (Phi) is 13.0. The molecule has 0 saturated carbocycles. The van der Waals surface area contributed by atoms with Gasteiger partial charge < -0.3 is 25.0 Å². The third-order valence-electron chi connectivity index (χ3n) is 4.99. The molecule has 0 bridgehead atoms. The number of rotatable bonds is 15. The molecule has 0 fully saturated rings. The Morgan fingerprint density at radius 3 is 2.32 bits per heavy atom. The Bertz CT molecular complexity index is 678. The van der Waals surface area contributed by atoms with Crippen molar-refractivity contribution in [1.29, 1.82) is 0 Å². The maximum Gasteiger partial charge on any atom is 0.243 e. The van der Waals surface area contributed by atoms with Gasteiger partial charge in [-0.05, 0) is 43.5 Å². The number of methoxy groups -OCH3 is 2. The molecule has 0 aliphatic rings. The third kappa shape index (κ3) is 10.3. The van der Waals surface area contributed by atoms with Gasteiger partial charge in [0.2, 0.25) is 17.7 Å². The van der Waals surface area contributed by atoms with E-state index in [1.165, 1.54) is 0 Å². The largest absolute Gasteiger partial charge is 0.497 e. The van der Waals surface area contributed by atoms with E-state index >= 15 is 0 Å². The van der Waals surface area contributed by atoms with Crippen molar-refractivity contribution in [2.45, 2.75) is 46.0 Å². The standard InChI is InChI=1S/C23H37N3O5/c1-5-7-9-18(6-2)23(29)26(14-8-15-30-3)17-22(28)24-16-21(27)25-19-10-12-20(31-4)13-11-19/h10-13,18H,5-9,14-17H2,1-4H3,(H,24,28)(H,25,27)/t18-/m1/s1. The molecule has 1 atom stereocenters. The van der Waals surface area contributed by atoms with E-state index in [0.29, 0.717) is 31.0 Å². The SMILES string of the molecule is CCCC[C@@H](CC)C(=O)N(CCCOC)CC(=O)NCC(=O)Nc1ccc(OC)cc1. The summed E-state index contributed by atoms with van der Waals surface area (Å²) in [6.45, 7) is 4.81. The molecule has 174 valence electrons. The van der Waals surface area contributed by atoms with Crippen LogP contribution in [0.3, 0.4) is 0 Å². The molecule has 1 aromatic rings. The summed E-state index contributed by atoms with van der Waals surface area (Å²) >= 11 is 0. The van der Waals surface area contributed by atoms with Gasteiger partial charge >= 0.3 is 0 Å². The number of anilines is 1. The summed E-state index contributed by atoms with van der Waals surface area (Å²) < 4.78 is 10.2. The molecule has 0 unspecified atom stereocenters. The van der Waals surface area contributed by atoms with E-state index in [1.807, 2.05) is 6.92 Å². The average Bonchev–Trinajstić information content (AvgIpc) is 2.78. The average molecular weight is 436 g/mol. The lowest BCUT2D eigenvalue weighted by Gasteiger charge is -2.26. The van der Waals surface area contributed by atoms with Crippen LogP contribution in [0.4, 0.5) is 5.69 Å². The first kappa shape index (κ1) is 26.4. The Hall–Kier alpha value is -2.61. The Balaban J connectivity index is 2.59. The van der Waals surface area contributed by atoms with Gasteiger partial charge in [0.15, 0.2) is 0 Å². The van der Waals surface area contributed by atoms with Gasteiger partial charge in [-0.25, -0.2) is 0 Å². The van der Waals surface area contributed by atoms with E-state index in [0.717, 1.165) is 25.7 Å². The maximum atomic E-state index is 13.0. The molecular weight excluding hydrogens is 398 g/mol. The van der Waals surface area contributed by atoms with Gasteiger partial charge in [-0.3, -0.25) is 14.4 Å². The van der Waals surface area contributed by atoms with E-state index in [-0.39, 0.29) is 36.7 Å². The van der Waals surface area contributed by atoms with Crippen molar-refractivity contribution in [2.24, 2.45) is 5.92 Å². The van der Waals surface area contributed by atoms with Gasteiger partial charge in [0.25, 0.3) is 0 Å². The van der Waals surface area contributed by atoms with Crippen molar-refractivity contribution in [3.05, 3.63) is 24.3 Å². The van der Waals surface area contributed by atoms with Crippen LogP contribution in [0.15, 0.2) is 24.3 Å². The first-order valence-corrected chi connectivity index (χ1v) is 10.9. The molecule has 0 heterocycles. The van der Waals surface area contributed by atoms with E-state index in [4.69, 9.17) is 9.47 Å². The molecular formula is C23H37N3O5. The summed E-state index contributed by atoms with van der Waals surface area (Å²) in [6.07, 6.45) is 4.22. The molecule has 0 aliphatic heterocycles. The highest BCUT2D eigenvalue weighted by Gasteiger charge is 2.24. The molecule has 0 aliphatic carbocycles. The fourth-order valence-corrected chi connectivity index (χ4v) is 3.17. The van der Waals surface area contributed by atoms with Gasteiger partial charge in [0.1, 0.15) is 5.75 Å². The first-order chi connectivity index (χ1) is 14.9. The summed E-state index contributed by atoms with van der Waals surface area (Å²) in [4.78, 5) is 39.1. The van der Waals surface area contributed by atoms with Crippen LogP contribution in [0.5, 0.6) is 5.75 Å². The van der Waals surface area contributed by atoms with Crippen LogP contribution in [0, 0.1) is 5.92 Å². The molecule has 0 radical (unpaired) electrons. The van der Waals surface area contributed by atoms with Crippen molar-refractivity contribution >= 4 is 23.4 Å². The Labute approximate surface area is 185 Å². The van der Waals surface area contributed by atoms with Crippen LogP contribution >= 0.6 is 0 Å². The number of benzene rings is 1. The summed E-state index contributed by atoms with van der Waals surface area (Å²) in [7, 11) is 3.18. The minimum absolute atomic E-state index is 0.00936. The molecule has 31 heavy (non-hydrogen) atoms. The number of unbranched alkanes of at least 4 members (excludes halogenated alkanes) is 1. The van der Waals surface area contributed by atoms with E-state index in [9.17, 15) is 14.4 Å². The monoisotopic (exact) mass is 435 g/mol. The van der Waals surface area contributed by atoms with Crippen molar-refractivity contribution in [1.82, 2.24) is 10.2 Å². The van der Waals surface area contributed by atoms with Gasteiger partial charge in [-0.15, -0.1) is 0 Å². The second kappa shape index (κ2) is 15.2. The fraction of sp³-hybridized carbons (Fsp3) is 0.609. The molecule has 0 aromatic heterocycles. The zero-order chi connectivity index (χ0) is 23.1. The molecule has 1 aromatic carbocycles. The second-order valence-electron chi connectivity index (χ2n) is 7.41. The molecule has 2 N–H and O–H groups in total. The number of hydrogen-bond donors (Lipinski definition) is 2. The zero-order valence-electron chi connectivity index (χ0n) is 19.2. The van der Waals surface area contributed by atoms with Crippen LogP contribution in [0.25, 0.3) is 0 Å². The second-order valence-corrected chi connectivity index (χ2v) is 7.41. The van der Waals surface area contributed by atoms with Gasteiger partial charge in [0, 0.05) is 31.9 Å². The zero-order valence-corrected chi connectivity index (χ0v) is 19.2. The van der Waals surface area contributed by atoms with Crippen molar-refractivity contribution in [3.63, 3.8) is 0 Å². The van der Waals surface area contributed by atoms with Gasteiger partial charge in [-0.1, -0.05) is 26.7 Å². The summed E-state index contributed by atoms with van der Waals surface area (Å²) in [5.74, 6) is -0.112. The van der Waals surface area contributed by atoms with E-state index in [1.54, 1.807) is 43.4 Å². The van der Waals surface area contributed by atoms with Crippen LogP contribution < -0.4 is 15.4 Å². The summed E-state index contributed by atoms with van der Waals surface area (Å²) in [5.41, 5.74) is 0.609. The first-order valence-electron chi connectivity index (χ1n) is 10.9. The predicted octanol–water partition coefficient (Wildman–Crippen LogP) is 2.83. The predicted molar refractivity (Wildman–Crippen MR) is 121 cm³/mol. The normalized spacial score (nSPS) is 11.5. The summed E-state index contributed by atoms with van der Waals surface area (Å²) in [5, 5.41) is 5.31. The lowest BCUT2D eigenvalue weighted by molar-refractivity contribution is -0.140. The highest BCUT2D eigenvalue weighted by Crippen LogP contribution is 2.16. The lowest BCUT2D eigenvalue weighted by atomic mass is 9.97. The Morgan fingerprint density at radius 1 is 1.03 bits per heavy atom. The molecule has 8 heteroatoms. The van der Waals surface area contributed by atoms with E-state index < -0.39 is 0 Å². The number of hydrogen-bond acceptors (Lipinski definition) is 5. The molecule has 1 rings (SSSR count). The lowest BCUT2D eigenvalue weighted by Crippen LogP contribution is -2.45. The number of nitrogens with zero attached hydrogens (tertiary/aromatic N) is 1. The topological polar surface area (TPSA) is 97.0 Å². The van der Waals surface area contributed by atoms with Gasteiger partial charge in [-0.2, -0.15) is 0 Å². The highest BCUT2D eigenvalue weighted by molar-refractivity contribution is 5.95. The fourth-order valence-electron chi connectivity index (χ4n) is 3.17. The quantitative estimate of drug-likeness (QED) is 0.413. The van der Waals surface area contributed by atoms with Crippen LogP contribution in [-0.4, -0.2) is 63.1 Å². The third-order valence-corrected chi connectivity index (χ3v) is 4.99. The maximum absolute atomic E-state index is 13.0. The minimum Gasteiger partial charge on any atom is -0.497 e. The number of nitrogens with one attached hydrogen (secondary N) is 2. The Morgan fingerprint density at radius 2 is 1.74 bits per heavy atom. The summed E-state index contributed by atoms with van der Waals surface area (Å²) in [6, 6.07) is 6.91. The number of carbonyl (C=O) groups excluding carboxylic acids is 3. The molecule has 3 amide bonds. The molecule has 0 spiro atoms. The highest BCUT2D eigenvalue weighted by atomic mass is 16.5. The van der Waals surface area contributed by atoms with Crippen LogP contribution in [0.2, 0.25) is 0 Å². The minimum atomic E-state index is -0.360. The van der Waals surface area contributed by atoms with Crippen molar-refractivity contribution in [3.8, 4) is 5.75 Å². The molecule has 8 nitrogen and oxygen atoms in total. The van der Waals surface area contributed by atoms with Crippen molar-refractivity contribution < 1.29 is 23.9 Å². The van der Waals surface area contributed by atoms with E-state index in [2.05, 4.69) is 17.6 Å². The smallest absolute Gasteiger partial charge is 0.243 e.